The van der Waals surface area contributed by atoms with Crippen LogP contribution in [0.2, 0.25) is 0 Å². The Hall–Kier alpha value is -0.510. The molecule has 0 unspecified atom stereocenters. The largest absolute Gasteiger partial charge is 0.240 e. The van der Waals surface area contributed by atoms with E-state index in [1.165, 1.54) is 18.2 Å². The van der Waals surface area contributed by atoms with Crippen LogP contribution in [0, 0.1) is 9.39 Å². The monoisotopic (exact) mass is 469 g/mol. The number of halogens is 3. The van der Waals surface area contributed by atoms with Crippen LogP contribution in [0.3, 0.4) is 0 Å². The van der Waals surface area contributed by atoms with Gasteiger partial charge in [0.15, 0.2) is 0 Å². The van der Waals surface area contributed by atoms with Crippen LogP contribution in [-0.2, 0) is 16.6 Å². The molecule has 2 rings (SSSR count). The summed E-state index contributed by atoms with van der Waals surface area (Å²) in [5.41, 5.74) is 0.286. The fourth-order valence-corrected chi connectivity index (χ4v) is 3.32. The average Bonchev–Trinajstić information content (AvgIpc) is 2.40. The Kier molecular flexibility index (Phi) is 5.16. The smallest absolute Gasteiger partial charge is 0.207 e. The molecule has 0 saturated carbocycles. The van der Waals surface area contributed by atoms with Crippen molar-refractivity contribution in [2.24, 2.45) is 0 Å². The zero-order valence-electron chi connectivity index (χ0n) is 10.1. The van der Waals surface area contributed by atoms with Crippen LogP contribution < -0.4 is 4.72 Å². The van der Waals surface area contributed by atoms with E-state index in [0.29, 0.717) is 4.47 Å². The van der Waals surface area contributed by atoms with Gasteiger partial charge in [0.25, 0.3) is 0 Å². The van der Waals surface area contributed by atoms with E-state index >= 15 is 0 Å². The van der Waals surface area contributed by atoms with E-state index < -0.39 is 15.8 Å². The van der Waals surface area contributed by atoms with Gasteiger partial charge in [-0.2, -0.15) is 0 Å². The lowest BCUT2D eigenvalue weighted by Crippen LogP contribution is -2.23. The predicted octanol–water partition coefficient (Wildman–Crippen LogP) is 3.67. The Morgan fingerprint density at radius 2 is 1.80 bits per heavy atom. The fourth-order valence-electron chi connectivity index (χ4n) is 1.55. The summed E-state index contributed by atoms with van der Waals surface area (Å²) >= 11 is 5.32. The van der Waals surface area contributed by atoms with Gasteiger partial charge >= 0.3 is 0 Å². The summed E-state index contributed by atoms with van der Waals surface area (Å²) in [6.45, 7) is -0.0976. The minimum atomic E-state index is -3.64. The molecule has 0 radical (unpaired) electrons. The van der Waals surface area contributed by atoms with Crippen molar-refractivity contribution in [1.29, 1.82) is 0 Å². The van der Waals surface area contributed by atoms with Crippen LogP contribution in [0.1, 0.15) is 5.56 Å². The summed E-state index contributed by atoms with van der Waals surface area (Å²) in [6.07, 6.45) is 0. The van der Waals surface area contributed by atoms with Gasteiger partial charge in [0.1, 0.15) is 5.82 Å². The molecule has 0 saturated heterocycles. The van der Waals surface area contributed by atoms with Crippen molar-refractivity contribution < 1.29 is 12.8 Å². The molecule has 0 aliphatic rings. The standard InChI is InChI=1S/C13H10BrFINO2S/c14-10-1-6-13(15)9(7-10)8-17-20(18,19)12-4-2-11(16)3-5-12/h1-7,17H,8H2. The van der Waals surface area contributed by atoms with E-state index in [1.54, 1.807) is 24.3 Å². The minimum Gasteiger partial charge on any atom is -0.207 e. The first-order valence-corrected chi connectivity index (χ1v) is 8.93. The topological polar surface area (TPSA) is 46.2 Å². The number of rotatable bonds is 4. The van der Waals surface area contributed by atoms with Crippen LogP contribution in [0.15, 0.2) is 51.8 Å². The molecule has 0 bridgehead atoms. The molecule has 2 aromatic carbocycles. The zero-order valence-corrected chi connectivity index (χ0v) is 14.7. The van der Waals surface area contributed by atoms with Gasteiger partial charge in [-0.1, -0.05) is 15.9 Å². The lowest BCUT2D eigenvalue weighted by molar-refractivity contribution is 0.574. The van der Waals surface area contributed by atoms with Crippen molar-refractivity contribution in [3.8, 4) is 0 Å². The maximum Gasteiger partial charge on any atom is 0.240 e. The summed E-state index contributed by atoms with van der Waals surface area (Å²) in [4.78, 5) is 0.160. The first-order chi connectivity index (χ1) is 9.38. The van der Waals surface area contributed by atoms with Crippen LogP contribution in [-0.4, -0.2) is 8.42 Å². The van der Waals surface area contributed by atoms with E-state index in [2.05, 4.69) is 43.2 Å². The molecule has 0 atom stereocenters. The summed E-state index contributed by atoms with van der Waals surface area (Å²) in [6, 6.07) is 10.8. The third-order valence-electron chi connectivity index (χ3n) is 2.58. The minimum absolute atomic E-state index is 0.0976. The van der Waals surface area contributed by atoms with Gasteiger partial charge in [-0.3, -0.25) is 0 Å². The molecule has 3 nitrogen and oxygen atoms in total. The van der Waals surface area contributed by atoms with Gasteiger partial charge in [-0.25, -0.2) is 17.5 Å². The van der Waals surface area contributed by atoms with Crippen LogP contribution >= 0.6 is 38.5 Å². The SMILES string of the molecule is O=S(=O)(NCc1cc(Br)ccc1F)c1ccc(I)cc1. The van der Waals surface area contributed by atoms with Crippen molar-refractivity contribution in [1.82, 2.24) is 4.72 Å². The van der Waals surface area contributed by atoms with Crippen molar-refractivity contribution >= 4 is 48.5 Å². The van der Waals surface area contributed by atoms with Crippen molar-refractivity contribution in [3.05, 3.63) is 61.9 Å². The number of nitrogens with one attached hydrogen (secondary N) is 1. The molecule has 0 aliphatic carbocycles. The Balaban J connectivity index is 2.17. The van der Waals surface area contributed by atoms with Gasteiger partial charge in [0, 0.05) is 20.2 Å². The van der Waals surface area contributed by atoms with Crippen LogP contribution in [0.4, 0.5) is 4.39 Å². The fraction of sp³-hybridized carbons (Fsp3) is 0.0769. The third-order valence-corrected chi connectivity index (χ3v) is 5.21. The molecule has 0 aromatic heterocycles. The molecule has 0 aliphatic heterocycles. The van der Waals surface area contributed by atoms with Crippen molar-refractivity contribution in [3.63, 3.8) is 0 Å². The van der Waals surface area contributed by atoms with Crippen LogP contribution in [0.5, 0.6) is 0 Å². The van der Waals surface area contributed by atoms with E-state index in [-0.39, 0.29) is 17.0 Å². The lowest BCUT2D eigenvalue weighted by Gasteiger charge is -2.08. The van der Waals surface area contributed by atoms with Gasteiger partial charge in [0.05, 0.1) is 4.90 Å². The van der Waals surface area contributed by atoms with Gasteiger partial charge in [-0.15, -0.1) is 0 Å². The van der Waals surface area contributed by atoms with Crippen molar-refractivity contribution in [2.45, 2.75) is 11.4 Å². The van der Waals surface area contributed by atoms with Crippen molar-refractivity contribution in [2.75, 3.05) is 0 Å². The highest BCUT2D eigenvalue weighted by molar-refractivity contribution is 14.1. The third kappa shape index (κ3) is 4.00. The van der Waals surface area contributed by atoms with E-state index in [1.807, 2.05) is 0 Å². The Bertz CT molecular complexity index is 720. The summed E-state index contributed by atoms with van der Waals surface area (Å²) in [7, 11) is -3.64. The van der Waals surface area contributed by atoms with E-state index in [4.69, 9.17) is 0 Å². The molecule has 2 aromatic rings. The first kappa shape index (κ1) is 15.9. The second-order valence-electron chi connectivity index (χ2n) is 4.01. The van der Waals surface area contributed by atoms with Gasteiger partial charge < -0.3 is 0 Å². The molecular weight excluding hydrogens is 460 g/mol. The molecule has 0 fully saturated rings. The lowest BCUT2D eigenvalue weighted by atomic mass is 10.2. The maximum absolute atomic E-state index is 13.5. The second kappa shape index (κ2) is 6.50. The number of benzene rings is 2. The highest BCUT2D eigenvalue weighted by Crippen LogP contribution is 2.17. The number of hydrogen-bond acceptors (Lipinski definition) is 2. The summed E-state index contributed by atoms with van der Waals surface area (Å²) in [5.74, 6) is -0.446. The molecular formula is C13H10BrFINO2S. The number of hydrogen-bond donors (Lipinski definition) is 1. The molecule has 0 heterocycles. The first-order valence-electron chi connectivity index (χ1n) is 5.58. The van der Waals surface area contributed by atoms with E-state index in [9.17, 15) is 12.8 Å². The predicted molar refractivity (Wildman–Crippen MR) is 87.3 cm³/mol. The molecule has 20 heavy (non-hydrogen) atoms. The molecule has 0 spiro atoms. The van der Waals surface area contributed by atoms with Gasteiger partial charge in [-0.05, 0) is 65.1 Å². The average molecular weight is 470 g/mol. The number of sulfonamides is 1. The highest BCUT2D eigenvalue weighted by Gasteiger charge is 2.14. The second-order valence-corrected chi connectivity index (χ2v) is 7.94. The zero-order chi connectivity index (χ0) is 14.8. The molecule has 106 valence electrons. The summed E-state index contributed by atoms with van der Waals surface area (Å²) in [5, 5.41) is 0. The molecule has 7 heteroatoms. The van der Waals surface area contributed by atoms with E-state index in [0.717, 1.165) is 3.57 Å². The normalized spacial score (nSPS) is 11.6. The highest BCUT2D eigenvalue weighted by atomic mass is 127. The quantitative estimate of drug-likeness (QED) is 0.694. The maximum atomic E-state index is 13.5. The molecule has 0 amide bonds. The Morgan fingerprint density at radius 1 is 1.15 bits per heavy atom. The van der Waals surface area contributed by atoms with Crippen LogP contribution in [0.25, 0.3) is 0 Å². The molecule has 1 N–H and O–H groups in total. The van der Waals surface area contributed by atoms with Gasteiger partial charge in [0.2, 0.25) is 10.0 Å². The summed E-state index contributed by atoms with van der Waals surface area (Å²) < 4.78 is 41.7. The Morgan fingerprint density at radius 3 is 2.45 bits per heavy atom. The Labute approximate surface area is 138 Å².